The summed E-state index contributed by atoms with van der Waals surface area (Å²) in [6.45, 7) is 2.11. The van der Waals surface area contributed by atoms with Crippen molar-refractivity contribution in [2.24, 2.45) is 7.05 Å². The number of furan rings is 1. The van der Waals surface area contributed by atoms with Crippen LogP contribution in [-0.2, 0) is 13.6 Å². The summed E-state index contributed by atoms with van der Waals surface area (Å²) in [5, 5.41) is 27.5. The van der Waals surface area contributed by atoms with E-state index < -0.39 is 4.92 Å². The summed E-state index contributed by atoms with van der Waals surface area (Å²) in [7, 11) is 1.67. The molecule has 11 heteroatoms. The lowest BCUT2D eigenvalue weighted by Crippen LogP contribution is -1.96. The number of aromatic nitrogens is 4. The highest BCUT2D eigenvalue weighted by molar-refractivity contribution is 8.01. The van der Waals surface area contributed by atoms with Crippen molar-refractivity contribution in [1.29, 1.82) is 0 Å². The van der Waals surface area contributed by atoms with Gasteiger partial charge in [-0.05, 0) is 30.8 Å². The number of nitrogens with zero attached hydrogens (tertiary/aromatic N) is 5. The molecule has 0 unspecified atom stereocenters. The van der Waals surface area contributed by atoms with Crippen LogP contribution >= 0.6 is 23.1 Å². The molecule has 3 aromatic heterocycles. The minimum absolute atomic E-state index is 0.00204. The lowest BCUT2D eigenvalue weighted by Gasteiger charge is -1.98. The topological polar surface area (TPSA) is 112 Å². The average molecular weight is 352 g/mol. The highest BCUT2D eigenvalue weighted by atomic mass is 32.2. The third-order valence-corrected chi connectivity index (χ3v) is 4.99. The normalized spacial score (nSPS) is 10.9. The Balaban J connectivity index is 1.73. The maximum absolute atomic E-state index is 11.2. The molecule has 0 amide bonds. The molecule has 0 saturated heterocycles. The first-order chi connectivity index (χ1) is 11.0. The van der Waals surface area contributed by atoms with E-state index in [1.54, 1.807) is 20.2 Å². The third-order valence-electron chi connectivity index (χ3n) is 2.91. The van der Waals surface area contributed by atoms with Crippen molar-refractivity contribution in [3.05, 3.63) is 40.0 Å². The van der Waals surface area contributed by atoms with Crippen molar-refractivity contribution < 1.29 is 9.34 Å². The van der Waals surface area contributed by atoms with Crippen LogP contribution in [0.25, 0.3) is 0 Å². The van der Waals surface area contributed by atoms with Crippen LogP contribution in [0.4, 0.5) is 10.8 Å². The minimum Gasteiger partial charge on any atom is -0.467 e. The quantitative estimate of drug-likeness (QED) is 0.532. The third kappa shape index (κ3) is 3.35. The number of nitro groups is 1. The van der Waals surface area contributed by atoms with Gasteiger partial charge in [0.25, 0.3) is 0 Å². The van der Waals surface area contributed by atoms with Gasteiger partial charge >= 0.3 is 5.69 Å². The van der Waals surface area contributed by atoms with E-state index in [1.165, 1.54) is 27.8 Å². The Kier molecular flexibility index (Phi) is 4.30. The van der Waals surface area contributed by atoms with Crippen LogP contribution in [-0.4, -0.2) is 24.9 Å². The van der Waals surface area contributed by atoms with Gasteiger partial charge < -0.3 is 9.73 Å². The smallest absolute Gasteiger partial charge is 0.324 e. The predicted octanol–water partition coefficient (Wildman–Crippen LogP) is 2.84. The van der Waals surface area contributed by atoms with Crippen molar-refractivity contribution in [2.45, 2.75) is 22.8 Å². The van der Waals surface area contributed by atoms with Gasteiger partial charge in [0.2, 0.25) is 5.13 Å². The maximum atomic E-state index is 11.2. The first kappa shape index (κ1) is 15.5. The van der Waals surface area contributed by atoms with Gasteiger partial charge in [-0.3, -0.25) is 14.8 Å². The molecule has 3 heterocycles. The summed E-state index contributed by atoms with van der Waals surface area (Å²) in [4.78, 5) is 10.7. The van der Waals surface area contributed by atoms with E-state index in [9.17, 15) is 10.1 Å². The summed E-state index contributed by atoms with van der Waals surface area (Å²) < 4.78 is 7.30. The monoisotopic (exact) mass is 352 g/mol. The molecule has 0 aliphatic rings. The highest BCUT2D eigenvalue weighted by Gasteiger charge is 2.25. The molecule has 0 atom stereocenters. The standard InChI is InChI=1S/C12H12N6O3S2/c1-7-9(18(19)20)10(17(2)16-7)22-12-15-14-11(23-12)13-6-8-4-3-5-21-8/h3-5H,6H2,1-2H3,(H,13,14). The van der Waals surface area contributed by atoms with Crippen molar-refractivity contribution in [1.82, 2.24) is 20.0 Å². The van der Waals surface area contributed by atoms with Crippen LogP contribution in [0.3, 0.4) is 0 Å². The highest BCUT2D eigenvalue weighted by Crippen LogP contribution is 2.38. The predicted molar refractivity (Wildman–Crippen MR) is 84.7 cm³/mol. The summed E-state index contributed by atoms with van der Waals surface area (Å²) in [6, 6.07) is 3.66. The van der Waals surface area contributed by atoms with E-state index in [1.807, 2.05) is 12.1 Å². The van der Waals surface area contributed by atoms with Crippen molar-refractivity contribution in [3.63, 3.8) is 0 Å². The molecule has 23 heavy (non-hydrogen) atoms. The molecular formula is C12H12N6O3S2. The lowest BCUT2D eigenvalue weighted by atomic mass is 10.4. The zero-order chi connectivity index (χ0) is 16.4. The SMILES string of the molecule is Cc1nn(C)c(Sc2nnc(NCc3ccco3)s2)c1[N+](=O)[O-]. The zero-order valence-electron chi connectivity index (χ0n) is 12.2. The number of aryl methyl sites for hydroxylation is 2. The van der Waals surface area contributed by atoms with E-state index in [2.05, 4.69) is 20.6 Å². The first-order valence-electron chi connectivity index (χ1n) is 6.50. The first-order valence-corrected chi connectivity index (χ1v) is 8.13. The van der Waals surface area contributed by atoms with E-state index in [4.69, 9.17) is 4.42 Å². The van der Waals surface area contributed by atoms with E-state index in [0.29, 0.717) is 26.7 Å². The molecular weight excluding hydrogens is 340 g/mol. The molecule has 9 nitrogen and oxygen atoms in total. The van der Waals surface area contributed by atoms with Crippen LogP contribution in [0.15, 0.2) is 32.2 Å². The van der Waals surface area contributed by atoms with Crippen LogP contribution < -0.4 is 5.32 Å². The number of rotatable bonds is 6. The molecule has 0 aromatic carbocycles. The number of anilines is 1. The number of hydrogen-bond acceptors (Lipinski definition) is 9. The lowest BCUT2D eigenvalue weighted by molar-refractivity contribution is -0.388. The second-order valence-corrected chi connectivity index (χ2v) is 6.74. The van der Waals surface area contributed by atoms with E-state index in [-0.39, 0.29) is 5.69 Å². The Morgan fingerprint density at radius 2 is 2.35 bits per heavy atom. The molecule has 0 fully saturated rings. The molecule has 0 saturated carbocycles. The summed E-state index contributed by atoms with van der Waals surface area (Å²) in [5.41, 5.74) is 0.374. The Labute approximate surface area is 138 Å². The molecule has 0 aliphatic carbocycles. The molecule has 0 radical (unpaired) electrons. The van der Waals surface area contributed by atoms with Gasteiger partial charge in [0.15, 0.2) is 9.37 Å². The van der Waals surface area contributed by atoms with Crippen LogP contribution in [0.2, 0.25) is 0 Å². The zero-order valence-corrected chi connectivity index (χ0v) is 13.8. The molecule has 0 aliphatic heterocycles. The van der Waals surface area contributed by atoms with E-state index >= 15 is 0 Å². The van der Waals surface area contributed by atoms with Crippen molar-refractivity contribution in [2.75, 3.05) is 5.32 Å². The minimum atomic E-state index is -0.429. The summed E-state index contributed by atoms with van der Waals surface area (Å²) in [5.74, 6) is 0.785. The van der Waals surface area contributed by atoms with Crippen molar-refractivity contribution in [3.8, 4) is 0 Å². The molecule has 3 rings (SSSR count). The van der Waals surface area contributed by atoms with Crippen molar-refractivity contribution >= 4 is 33.9 Å². The maximum Gasteiger partial charge on any atom is 0.324 e. The average Bonchev–Trinajstić information content (AvgIpc) is 3.19. The molecule has 1 N–H and O–H groups in total. The number of hydrogen-bond donors (Lipinski definition) is 1. The van der Waals surface area contributed by atoms with E-state index in [0.717, 1.165) is 5.76 Å². The Hall–Kier alpha value is -2.40. The van der Waals surface area contributed by atoms with Gasteiger partial charge in [-0.25, -0.2) is 0 Å². The van der Waals surface area contributed by atoms with Crippen LogP contribution in [0, 0.1) is 17.0 Å². The molecule has 120 valence electrons. The van der Waals surface area contributed by atoms with Gasteiger partial charge in [-0.1, -0.05) is 11.3 Å². The van der Waals surface area contributed by atoms with Gasteiger partial charge in [0.1, 0.15) is 11.5 Å². The fourth-order valence-electron chi connectivity index (χ4n) is 1.93. The fraction of sp³-hybridized carbons (Fsp3) is 0.250. The summed E-state index contributed by atoms with van der Waals surface area (Å²) in [6.07, 6.45) is 1.60. The molecule has 0 spiro atoms. The second-order valence-electron chi connectivity index (χ2n) is 4.53. The number of nitrogens with one attached hydrogen (secondary N) is 1. The Morgan fingerprint density at radius 3 is 3.04 bits per heavy atom. The van der Waals surface area contributed by atoms with Gasteiger partial charge in [-0.2, -0.15) is 5.10 Å². The fourth-order valence-corrected chi connectivity index (χ4v) is 3.78. The second kappa shape index (κ2) is 6.38. The summed E-state index contributed by atoms with van der Waals surface area (Å²) >= 11 is 2.49. The van der Waals surface area contributed by atoms with Crippen LogP contribution in [0.1, 0.15) is 11.5 Å². The largest absolute Gasteiger partial charge is 0.467 e. The van der Waals surface area contributed by atoms with Gasteiger partial charge in [0, 0.05) is 7.05 Å². The Bertz CT molecular complexity index is 826. The molecule has 3 aromatic rings. The van der Waals surface area contributed by atoms with Gasteiger partial charge in [0.05, 0.1) is 17.7 Å². The molecule has 0 bridgehead atoms. The van der Waals surface area contributed by atoms with Gasteiger partial charge in [-0.15, -0.1) is 10.2 Å². The Morgan fingerprint density at radius 1 is 1.52 bits per heavy atom. The van der Waals surface area contributed by atoms with Crippen LogP contribution in [0.5, 0.6) is 0 Å².